The lowest BCUT2D eigenvalue weighted by Gasteiger charge is -2.38. The lowest BCUT2D eigenvalue weighted by molar-refractivity contribution is 0.0558. The van der Waals surface area contributed by atoms with Crippen molar-refractivity contribution in [2.24, 2.45) is 5.41 Å². The van der Waals surface area contributed by atoms with Crippen LogP contribution in [0.2, 0.25) is 0 Å². The summed E-state index contributed by atoms with van der Waals surface area (Å²) >= 11 is 0. The van der Waals surface area contributed by atoms with Gasteiger partial charge in [0.1, 0.15) is 5.82 Å². The summed E-state index contributed by atoms with van der Waals surface area (Å²) in [7, 11) is 1.76. The second-order valence-corrected chi connectivity index (χ2v) is 6.80. The monoisotopic (exact) mass is 307 g/mol. The molecular formula is C18H26FNO2. The molecular weight excluding hydrogens is 281 g/mol. The minimum atomic E-state index is -0.170. The summed E-state index contributed by atoms with van der Waals surface area (Å²) in [5, 5.41) is 0. The molecule has 122 valence electrons. The van der Waals surface area contributed by atoms with E-state index in [2.05, 4.69) is 4.90 Å². The molecule has 0 bridgehead atoms. The zero-order chi connectivity index (χ0) is 15.4. The molecule has 2 aliphatic rings. The third kappa shape index (κ3) is 3.86. The van der Waals surface area contributed by atoms with Crippen molar-refractivity contribution in [1.82, 2.24) is 4.90 Å². The fourth-order valence-electron chi connectivity index (χ4n) is 3.73. The Hall–Kier alpha value is -0.970. The molecule has 1 unspecified atom stereocenters. The molecule has 0 amide bonds. The summed E-state index contributed by atoms with van der Waals surface area (Å²) in [6.07, 6.45) is 4.77. The SMILES string of the molecule is COCCN1CCC2(CC1)COC(Cc1ccc(F)cc1)C2. The van der Waals surface area contributed by atoms with Crippen LogP contribution in [0.3, 0.4) is 0 Å². The Morgan fingerprint density at radius 2 is 2.00 bits per heavy atom. The summed E-state index contributed by atoms with van der Waals surface area (Å²) in [5.41, 5.74) is 1.54. The number of hydrogen-bond acceptors (Lipinski definition) is 3. The smallest absolute Gasteiger partial charge is 0.123 e. The minimum absolute atomic E-state index is 0.170. The fourth-order valence-corrected chi connectivity index (χ4v) is 3.73. The van der Waals surface area contributed by atoms with E-state index >= 15 is 0 Å². The van der Waals surface area contributed by atoms with Crippen LogP contribution >= 0.6 is 0 Å². The van der Waals surface area contributed by atoms with Gasteiger partial charge in [-0.25, -0.2) is 4.39 Å². The van der Waals surface area contributed by atoms with Crippen LogP contribution in [0.25, 0.3) is 0 Å². The molecule has 1 aromatic rings. The Morgan fingerprint density at radius 3 is 2.68 bits per heavy atom. The van der Waals surface area contributed by atoms with Gasteiger partial charge in [-0.05, 0) is 61.9 Å². The Kier molecular flexibility index (Phi) is 5.11. The first-order chi connectivity index (χ1) is 10.7. The number of benzene rings is 1. The first kappa shape index (κ1) is 15.9. The van der Waals surface area contributed by atoms with E-state index in [1.807, 2.05) is 12.1 Å². The van der Waals surface area contributed by atoms with Gasteiger partial charge in [-0.1, -0.05) is 12.1 Å². The van der Waals surface area contributed by atoms with E-state index in [0.717, 1.165) is 45.7 Å². The number of methoxy groups -OCH3 is 1. The van der Waals surface area contributed by atoms with Crippen LogP contribution in [-0.2, 0) is 15.9 Å². The fraction of sp³-hybridized carbons (Fsp3) is 0.667. The van der Waals surface area contributed by atoms with Crippen LogP contribution in [0.15, 0.2) is 24.3 Å². The summed E-state index contributed by atoms with van der Waals surface area (Å²) < 4.78 is 24.2. The van der Waals surface area contributed by atoms with Crippen LogP contribution in [-0.4, -0.2) is 51.0 Å². The molecule has 4 heteroatoms. The number of rotatable bonds is 5. The highest BCUT2D eigenvalue weighted by Gasteiger charge is 2.42. The first-order valence-corrected chi connectivity index (χ1v) is 8.26. The van der Waals surface area contributed by atoms with E-state index in [1.54, 1.807) is 7.11 Å². The Bertz CT molecular complexity index is 468. The van der Waals surface area contributed by atoms with Gasteiger partial charge in [0.2, 0.25) is 0 Å². The number of ether oxygens (including phenoxy) is 2. The molecule has 0 aromatic heterocycles. The third-order valence-electron chi connectivity index (χ3n) is 5.19. The first-order valence-electron chi connectivity index (χ1n) is 8.26. The number of halogens is 1. The minimum Gasteiger partial charge on any atom is -0.383 e. The number of hydrogen-bond donors (Lipinski definition) is 0. The number of piperidine rings is 1. The molecule has 22 heavy (non-hydrogen) atoms. The van der Waals surface area contributed by atoms with Gasteiger partial charge < -0.3 is 14.4 Å². The quantitative estimate of drug-likeness (QED) is 0.835. The van der Waals surface area contributed by atoms with Crippen LogP contribution in [0, 0.1) is 11.2 Å². The lowest BCUT2D eigenvalue weighted by Crippen LogP contribution is -2.41. The Labute approximate surface area is 132 Å². The molecule has 3 rings (SSSR count). The molecule has 2 saturated heterocycles. The highest BCUT2D eigenvalue weighted by molar-refractivity contribution is 5.17. The van der Waals surface area contributed by atoms with Crippen LogP contribution in [0.4, 0.5) is 4.39 Å². The average Bonchev–Trinajstić information content (AvgIpc) is 2.92. The van der Waals surface area contributed by atoms with Crippen LogP contribution in [0.5, 0.6) is 0 Å². The standard InChI is InChI=1S/C18H26FNO2/c1-21-11-10-20-8-6-18(7-9-20)13-17(22-14-18)12-15-2-4-16(19)5-3-15/h2-5,17H,6-14H2,1H3. The summed E-state index contributed by atoms with van der Waals surface area (Å²) in [4.78, 5) is 2.49. The van der Waals surface area contributed by atoms with E-state index in [9.17, 15) is 4.39 Å². The lowest BCUT2D eigenvalue weighted by atomic mass is 9.76. The largest absolute Gasteiger partial charge is 0.383 e. The summed E-state index contributed by atoms with van der Waals surface area (Å²) in [5.74, 6) is -0.170. The zero-order valence-corrected chi connectivity index (χ0v) is 13.4. The highest BCUT2D eigenvalue weighted by atomic mass is 19.1. The molecule has 0 saturated carbocycles. The van der Waals surface area contributed by atoms with Gasteiger partial charge in [-0.2, -0.15) is 0 Å². The van der Waals surface area contributed by atoms with Gasteiger partial charge in [-0.3, -0.25) is 0 Å². The van der Waals surface area contributed by atoms with Crippen molar-refractivity contribution in [1.29, 1.82) is 0 Å². The van der Waals surface area contributed by atoms with Gasteiger partial charge in [0.05, 0.1) is 19.3 Å². The van der Waals surface area contributed by atoms with E-state index < -0.39 is 0 Å². The maximum absolute atomic E-state index is 13.0. The van der Waals surface area contributed by atoms with Crippen LogP contribution < -0.4 is 0 Å². The third-order valence-corrected chi connectivity index (χ3v) is 5.19. The molecule has 2 fully saturated rings. The number of likely N-dealkylation sites (tertiary alicyclic amines) is 1. The van der Waals surface area contributed by atoms with Crippen molar-refractivity contribution < 1.29 is 13.9 Å². The predicted molar refractivity (Wildman–Crippen MR) is 84.4 cm³/mol. The summed E-state index contributed by atoms with van der Waals surface area (Å²) in [6.45, 7) is 5.03. The second-order valence-electron chi connectivity index (χ2n) is 6.80. The maximum Gasteiger partial charge on any atom is 0.123 e. The van der Waals surface area contributed by atoms with Gasteiger partial charge in [0, 0.05) is 13.7 Å². The van der Waals surface area contributed by atoms with Crippen molar-refractivity contribution in [3.8, 4) is 0 Å². The Balaban J connectivity index is 1.49. The molecule has 2 aliphatic heterocycles. The molecule has 1 spiro atoms. The zero-order valence-electron chi connectivity index (χ0n) is 13.4. The Morgan fingerprint density at radius 1 is 1.27 bits per heavy atom. The van der Waals surface area contributed by atoms with Gasteiger partial charge in [0.25, 0.3) is 0 Å². The van der Waals surface area contributed by atoms with Crippen LogP contribution in [0.1, 0.15) is 24.8 Å². The van der Waals surface area contributed by atoms with Crippen molar-refractivity contribution in [2.45, 2.75) is 31.8 Å². The van der Waals surface area contributed by atoms with Crippen molar-refractivity contribution >= 4 is 0 Å². The predicted octanol–water partition coefficient (Wildman–Crippen LogP) is 2.89. The molecule has 1 atom stereocenters. The molecule has 2 heterocycles. The number of nitrogens with zero attached hydrogens (tertiary/aromatic N) is 1. The second kappa shape index (κ2) is 7.07. The van der Waals surface area contributed by atoms with Crippen molar-refractivity contribution in [3.05, 3.63) is 35.6 Å². The van der Waals surface area contributed by atoms with Crippen molar-refractivity contribution in [2.75, 3.05) is 40.0 Å². The topological polar surface area (TPSA) is 21.7 Å². The molecule has 0 aliphatic carbocycles. The normalized spacial score (nSPS) is 24.9. The van der Waals surface area contributed by atoms with E-state index in [-0.39, 0.29) is 11.9 Å². The van der Waals surface area contributed by atoms with Crippen molar-refractivity contribution in [3.63, 3.8) is 0 Å². The summed E-state index contributed by atoms with van der Waals surface area (Å²) in [6, 6.07) is 6.82. The van der Waals surface area contributed by atoms with Gasteiger partial charge >= 0.3 is 0 Å². The molecule has 1 aromatic carbocycles. The molecule has 0 radical (unpaired) electrons. The highest BCUT2D eigenvalue weighted by Crippen LogP contribution is 2.42. The van der Waals surface area contributed by atoms with Gasteiger partial charge in [0.15, 0.2) is 0 Å². The van der Waals surface area contributed by atoms with E-state index in [4.69, 9.17) is 9.47 Å². The van der Waals surface area contributed by atoms with E-state index in [1.165, 1.54) is 30.5 Å². The maximum atomic E-state index is 13.0. The van der Waals surface area contributed by atoms with E-state index in [0.29, 0.717) is 5.41 Å². The van der Waals surface area contributed by atoms with Gasteiger partial charge in [-0.15, -0.1) is 0 Å². The average molecular weight is 307 g/mol. The molecule has 3 nitrogen and oxygen atoms in total. The molecule has 0 N–H and O–H groups in total.